The van der Waals surface area contributed by atoms with Crippen LogP contribution in [0, 0.1) is 11.3 Å². The van der Waals surface area contributed by atoms with Gasteiger partial charge in [-0.2, -0.15) is 5.26 Å². The maximum atomic E-state index is 11.4. The van der Waals surface area contributed by atoms with E-state index in [1.54, 1.807) is 4.57 Å². The molecule has 0 saturated carbocycles. The topological polar surface area (TPSA) is 55.0 Å². The van der Waals surface area contributed by atoms with Crippen LogP contribution in [0.4, 0.5) is 0 Å². The molecule has 0 aliphatic heterocycles. The van der Waals surface area contributed by atoms with E-state index >= 15 is 0 Å². The smallest absolute Gasteiger partial charge is 0.354 e. The molecular weight excluding hydrogens is 260 g/mol. The first kappa shape index (κ1) is 11.8. The lowest BCUT2D eigenvalue weighted by atomic mass is 10.3. The predicted molar refractivity (Wildman–Crippen MR) is 58.5 cm³/mol. The number of nitrogens with zero attached hydrogens (tertiary/aromatic N) is 2. The van der Waals surface area contributed by atoms with Gasteiger partial charge in [0.25, 0.3) is 0 Å². The van der Waals surface area contributed by atoms with Crippen molar-refractivity contribution in [2.45, 2.75) is 19.9 Å². The molecule has 4 nitrogen and oxygen atoms in total. The highest BCUT2D eigenvalue weighted by Crippen LogP contribution is 2.22. The van der Waals surface area contributed by atoms with Crippen LogP contribution in [-0.4, -0.2) is 17.6 Å². The number of esters is 1. The second kappa shape index (κ2) is 4.99. The molecule has 5 heteroatoms. The Balaban J connectivity index is 3.25. The average Bonchev–Trinajstić information content (AvgIpc) is 2.56. The van der Waals surface area contributed by atoms with Crippen molar-refractivity contribution in [1.82, 2.24) is 4.57 Å². The lowest BCUT2D eigenvalue weighted by Crippen LogP contribution is -2.10. The third kappa shape index (κ3) is 2.21. The maximum absolute atomic E-state index is 11.4. The second-order valence-electron chi connectivity index (χ2n) is 2.99. The van der Waals surface area contributed by atoms with Crippen LogP contribution in [0.25, 0.3) is 0 Å². The zero-order chi connectivity index (χ0) is 11.4. The average molecular weight is 271 g/mol. The molecule has 0 atom stereocenters. The van der Waals surface area contributed by atoms with E-state index in [1.165, 1.54) is 13.2 Å². The highest BCUT2D eigenvalue weighted by Gasteiger charge is 2.18. The van der Waals surface area contributed by atoms with Gasteiger partial charge in [0.15, 0.2) is 0 Å². The molecule has 15 heavy (non-hydrogen) atoms. The summed E-state index contributed by atoms with van der Waals surface area (Å²) in [6.07, 6.45) is 0.877. The maximum Gasteiger partial charge on any atom is 0.354 e. The van der Waals surface area contributed by atoms with Crippen LogP contribution in [0.3, 0.4) is 0 Å². The fourth-order valence-electron chi connectivity index (χ4n) is 1.32. The van der Waals surface area contributed by atoms with Crippen LogP contribution in [0.5, 0.6) is 0 Å². The van der Waals surface area contributed by atoms with E-state index in [-0.39, 0.29) is 0 Å². The third-order valence-corrected chi connectivity index (χ3v) is 2.85. The zero-order valence-corrected chi connectivity index (χ0v) is 10.2. The Morgan fingerprint density at radius 2 is 2.40 bits per heavy atom. The minimum Gasteiger partial charge on any atom is -0.464 e. The highest BCUT2D eigenvalue weighted by molar-refractivity contribution is 9.10. The minimum atomic E-state index is -0.425. The van der Waals surface area contributed by atoms with Crippen molar-refractivity contribution in [2.24, 2.45) is 0 Å². The van der Waals surface area contributed by atoms with Gasteiger partial charge in [0.2, 0.25) is 0 Å². The number of aromatic nitrogens is 1. The Morgan fingerprint density at radius 3 is 2.87 bits per heavy atom. The molecule has 1 aromatic heterocycles. The first-order valence-corrected chi connectivity index (χ1v) is 5.32. The number of halogens is 1. The molecule has 0 aliphatic carbocycles. The number of ether oxygens (including phenoxy) is 1. The minimum absolute atomic E-state index is 0.405. The molecule has 0 aromatic carbocycles. The summed E-state index contributed by atoms with van der Waals surface area (Å²) in [5, 5.41) is 8.83. The Bertz CT molecular complexity index is 418. The van der Waals surface area contributed by atoms with Gasteiger partial charge in [-0.15, -0.1) is 0 Å². The third-order valence-electron chi connectivity index (χ3n) is 1.99. The van der Waals surface area contributed by atoms with E-state index < -0.39 is 5.97 Å². The molecule has 0 saturated heterocycles. The fraction of sp³-hybridized carbons (Fsp3) is 0.400. The van der Waals surface area contributed by atoms with E-state index in [4.69, 9.17) is 5.26 Å². The van der Waals surface area contributed by atoms with Crippen LogP contribution >= 0.6 is 15.9 Å². The van der Waals surface area contributed by atoms with Crippen LogP contribution in [0.2, 0.25) is 0 Å². The zero-order valence-electron chi connectivity index (χ0n) is 8.58. The van der Waals surface area contributed by atoms with Crippen molar-refractivity contribution in [3.63, 3.8) is 0 Å². The van der Waals surface area contributed by atoms with E-state index in [2.05, 4.69) is 20.7 Å². The summed E-state index contributed by atoms with van der Waals surface area (Å²) in [6.45, 7) is 2.67. The SMILES string of the molecule is CCCn1c(C(=O)OC)cc(C#N)c1Br. The molecule has 80 valence electrons. The van der Waals surface area contributed by atoms with Crippen LogP contribution in [0.15, 0.2) is 10.7 Å². The summed E-state index contributed by atoms with van der Waals surface area (Å²) in [5.41, 5.74) is 0.853. The number of methoxy groups -OCH3 is 1. The van der Waals surface area contributed by atoms with Crippen molar-refractivity contribution >= 4 is 21.9 Å². The number of carbonyl (C=O) groups is 1. The molecule has 0 bridgehead atoms. The van der Waals surface area contributed by atoms with E-state index in [0.717, 1.165) is 6.42 Å². The molecule has 0 N–H and O–H groups in total. The lowest BCUT2D eigenvalue weighted by Gasteiger charge is -2.07. The summed E-state index contributed by atoms with van der Waals surface area (Å²) >= 11 is 3.29. The Kier molecular flexibility index (Phi) is 3.92. The second-order valence-corrected chi connectivity index (χ2v) is 3.74. The van der Waals surface area contributed by atoms with Crippen molar-refractivity contribution in [1.29, 1.82) is 5.26 Å². The number of nitriles is 1. The van der Waals surface area contributed by atoms with Crippen LogP contribution < -0.4 is 0 Å². The standard InChI is InChI=1S/C10H11BrN2O2/c1-3-4-13-8(10(14)15-2)5-7(6-12)9(13)11/h5H,3-4H2,1-2H3. The van der Waals surface area contributed by atoms with E-state index in [0.29, 0.717) is 22.4 Å². The van der Waals surface area contributed by atoms with Gasteiger partial charge in [0.1, 0.15) is 16.4 Å². The van der Waals surface area contributed by atoms with Gasteiger partial charge in [-0.1, -0.05) is 6.92 Å². The van der Waals surface area contributed by atoms with Crippen LogP contribution in [0.1, 0.15) is 29.4 Å². The molecule has 1 aromatic rings. The van der Waals surface area contributed by atoms with Gasteiger partial charge in [0, 0.05) is 6.54 Å². The predicted octanol–water partition coefficient (Wildman–Crippen LogP) is 2.32. The summed E-state index contributed by atoms with van der Waals surface area (Å²) in [4.78, 5) is 11.4. The first-order valence-electron chi connectivity index (χ1n) is 4.53. The Labute approximate surface area is 96.6 Å². The van der Waals surface area contributed by atoms with E-state index in [1.807, 2.05) is 13.0 Å². The fourth-order valence-corrected chi connectivity index (χ4v) is 1.89. The van der Waals surface area contributed by atoms with Crippen molar-refractivity contribution in [3.05, 3.63) is 21.9 Å². The molecule has 0 fully saturated rings. The molecule has 1 heterocycles. The van der Waals surface area contributed by atoms with Gasteiger partial charge >= 0.3 is 5.97 Å². The molecule has 0 amide bonds. The van der Waals surface area contributed by atoms with Gasteiger partial charge in [-0.05, 0) is 28.4 Å². The monoisotopic (exact) mass is 270 g/mol. The molecule has 0 radical (unpaired) electrons. The van der Waals surface area contributed by atoms with Gasteiger partial charge < -0.3 is 9.30 Å². The normalized spacial score (nSPS) is 9.73. The first-order chi connectivity index (χ1) is 7.15. The van der Waals surface area contributed by atoms with Crippen molar-refractivity contribution in [3.8, 4) is 6.07 Å². The molecule has 1 rings (SSSR count). The molecule has 0 unspecified atom stereocenters. The summed E-state index contributed by atoms with van der Waals surface area (Å²) in [6, 6.07) is 3.55. The summed E-state index contributed by atoms with van der Waals surface area (Å²) in [7, 11) is 1.32. The summed E-state index contributed by atoms with van der Waals surface area (Å²) in [5.74, 6) is -0.425. The van der Waals surface area contributed by atoms with Crippen molar-refractivity contribution in [2.75, 3.05) is 7.11 Å². The molecular formula is C10H11BrN2O2. The van der Waals surface area contributed by atoms with Gasteiger partial charge in [-0.3, -0.25) is 0 Å². The van der Waals surface area contributed by atoms with Crippen molar-refractivity contribution < 1.29 is 9.53 Å². The quantitative estimate of drug-likeness (QED) is 0.793. The highest BCUT2D eigenvalue weighted by atomic mass is 79.9. The number of hydrogen-bond acceptors (Lipinski definition) is 3. The number of carbonyl (C=O) groups excluding carboxylic acids is 1. The largest absolute Gasteiger partial charge is 0.464 e. The Morgan fingerprint density at radius 1 is 1.73 bits per heavy atom. The molecule has 0 aliphatic rings. The number of rotatable bonds is 3. The summed E-state index contributed by atoms with van der Waals surface area (Å²) < 4.78 is 7.02. The van der Waals surface area contributed by atoms with E-state index in [9.17, 15) is 4.79 Å². The lowest BCUT2D eigenvalue weighted by molar-refractivity contribution is 0.0588. The number of hydrogen-bond donors (Lipinski definition) is 0. The molecule has 0 spiro atoms. The van der Waals surface area contributed by atoms with Gasteiger partial charge in [0.05, 0.1) is 12.7 Å². The Hall–Kier alpha value is -1.28. The van der Waals surface area contributed by atoms with Crippen LogP contribution in [-0.2, 0) is 11.3 Å². The van der Waals surface area contributed by atoms with Gasteiger partial charge in [-0.25, -0.2) is 4.79 Å².